The van der Waals surface area contributed by atoms with E-state index in [1.165, 1.54) is 0 Å². The Morgan fingerprint density at radius 3 is 2.53 bits per heavy atom. The average Bonchev–Trinajstić information content (AvgIpc) is 2.39. The summed E-state index contributed by atoms with van der Waals surface area (Å²) in [6.45, 7) is 9.44. The summed E-state index contributed by atoms with van der Waals surface area (Å²) in [4.78, 5) is 9.23. The van der Waals surface area contributed by atoms with Crippen molar-refractivity contribution in [2.24, 2.45) is 0 Å². The first-order valence-corrected chi connectivity index (χ1v) is 6.09. The van der Waals surface area contributed by atoms with Crippen molar-refractivity contribution < 1.29 is 0 Å². The van der Waals surface area contributed by atoms with E-state index in [-0.39, 0.29) is 0 Å². The maximum Gasteiger partial charge on any atom is 0.128 e. The molecule has 0 spiro atoms. The highest BCUT2D eigenvalue weighted by Crippen LogP contribution is 2.16. The van der Waals surface area contributed by atoms with Crippen LogP contribution in [0.3, 0.4) is 0 Å². The smallest absolute Gasteiger partial charge is 0.128 e. The second kappa shape index (κ2) is 5.15. The lowest BCUT2D eigenvalue weighted by Crippen LogP contribution is -2.46. The first kappa shape index (κ1) is 11.9. The summed E-state index contributed by atoms with van der Waals surface area (Å²) in [5, 5.41) is 8.88. The van der Waals surface area contributed by atoms with Crippen LogP contribution in [0.5, 0.6) is 0 Å². The van der Waals surface area contributed by atoms with Crippen LogP contribution < -0.4 is 4.90 Å². The molecule has 1 aliphatic heterocycles. The van der Waals surface area contributed by atoms with Crippen molar-refractivity contribution in [3.05, 3.63) is 23.4 Å². The summed E-state index contributed by atoms with van der Waals surface area (Å²) in [7, 11) is 0. The number of piperazine rings is 1. The monoisotopic (exact) mass is 230 g/mol. The van der Waals surface area contributed by atoms with Gasteiger partial charge < -0.3 is 9.80 Å². The standard InChI is InChI=1S/C13H18N4/c1-3-16-6-8-17(9-7-16)13-5-4-12(10-14)11(2)15-13/h4-5H,3,6-9H2,1-2H3. The number of nitriles is 1. The molecule has 0 radical (unpaired) electrons. The minimum Gasteiger partial charge on any atom is -0.354 e. The zero-order valence-electron chi connectivity index (χ0n) is 10.5. The van der Waals surface area contributed by atoms with Crippen molar-refractivity contribution in [3.8, 4) is 6.07 Å². The van der Waals surface area contributed by atoms with Crippen LogP contribution in [0.2, 0.25) is 0 Å². The number of likely N-dealkylation sites (N-methyl/N-ethyl adjacent to an activating group) is 1. The molecular formula is C13H18N4. The fourth-order valence-corrected chi connectivity index (χ4v) is 2.14. The molecule has 0 N–H and O–H groups in total. The Balaban J connectivity index is 2.09. The molecule has 0 aromatic carbocycles. The highest BCUT2D eigenvalue weighted by molar-refractivity contribution is 5.45. The van der Waals surface area contributed by atoms with Gasteiger partial charge in [0.15, 0.2) is 0 Å². The van der Waals surface area contributed by atoms with Crippen LogP contribution in [-0.4, -0.2) is 42.6 Å². The quantitative estimate of drug-likeness (QED) is 0.770. The van der Waals surface area contributed by atoms with Gasteiger partial charge in [0.1, 0.15) is 11.9 Å². The van der Waals surface area contributed by atoms with E-state index in [0.717, 1.165) is 44.2 Å². The first-order chi connectivity index (χ1) is 8.24. The number of aromatic nitrogens is 1. The summed E-state index contributed by atoms with van der Waals surface area (Å²) in [5.41, 5.74) is 1.49. The highest BCUT2D eigenvalue weighted by Gasteiger charge is 2.17. The normalized spacial score (nSPS) is 16.9. The van der Waals surface area contributed by atoms with Crippen molar-refractivity contribution in [1.82, 2.24) is 9.88 Å². The van der Waals surface area contributed by atoms with Gasteiger partial charge in [0.25, 0.3) is 0 Å². The molecule has 2 rings (SSSR count). The Hall–Kier alpha value is -1.60. The molecule has 0 saturated carbocycles. The molecule has 17 heavy (non-hydrogen) atoms. The molecule has 1 fully saturated rings. The Morgan fingerprint density at radius 1 is 1.29 bits per heavy atom. The van der Waals surface area contributed by atoms with Crippen LogP contribution in [0.15, 0.2) is 12.1 Å². The number of pyridine rings is 1. The lowest BCUT2D eigenvalue weighted by molar-refractivity contribution is 0.270. The predicted molar refractivity (Wildman–Crippen MR) is 68.0 cm³/mol. The lowest BCUT2D eigenvalue weighted by Gasteiger charge is -2.34. The van der Waals surface area contributed by atoms with Gasteiger partial charge in [0.2, 0.25) is 0 Å². The molecule has 1 aromatic heterocycles. The zero-order chi connectivity index (χ0) is 12.3. The Labute approximate surface area is 102 Å². The number of anilines is 1. The van der Waals surface area contributed by atoms with Gasteiger partial charge in [0.05, 0.1) is 11.3 Å². The molecule has 0 aliphatic carbocycles. The van der Waals surface area contributed by atoms with E-state index in [1.54, 1.807) is 0 Å². The molecule has 90 valence electrons. The van der Waals surface area contributed by atoms with E-state index < -0.39 is 0 Å². The van der Waals surface area contributed by atoms with Gasteiger partial charge >= 0.3 is 0 Å². The summed E-state index contributed by atoms with van der Waals surface area (Å²) >= 11 is 0. The maximum absolute atomic E-state index is 8.88. The molecular weight excluding hydrogens is 212 g/mol. The molecule has 2 heterocycles. The van der Waals surface area contributed by atoms with Gasteiger partial charge in [-0.05, 0) is 25.6 Å². The van der Waals surface area contributed by atoms with Crippen LogP contribution in [0.4, 0.5) is 5.82 Å². The summed E-state index contributed by atoms with van der Waals surface area (Å²) in [6.07, 6.45) is 0. The second-order valence-corrected chi connectivity index (χ2v) is 4.34. The van der Waals surface area contributed by atoms with Crippen molar-refractivity contribution in [2.45, 2.75) is 13.8 Å². The van der Waals surface area contributed by atoms with Gasteiger partial charge in [-0.3, -0.25) is 0 Å². The first-order valence-electron chi connectivity index (χ1n) is 6.09. The highest BCUT2D eigenvalue weighted by atomic mass is 15.3. The van der Waals surface area contributed by atoms with E-state index in [9.17, 15) is 0 Å². The van der Waals surface area contributed by atoms with Crippen LogP contribution in [0.1, 0.15) is 18.2 Å². The number of rotatable bonds is 2. The van der Waals surface area contributed by atoms with E-state index in [0.29, 0.717) is 5.56 Å². The zero-order valence-corrected chi connectivity index (χ0v) is 10.5. The molecule has 0 atom stereocenters. The molecule has 0 amide bonds. The van der Waals surface area contributed by atoms with Gasteiger partial charge in [-0.2, -0.15) is 5.26 Å². The Bertz CT molecular complexity index is 428. The van der Waals surface area contributed by atoms with Gasteiger partial charge in [0, 0.05) is 26.2 Å². The molecule has 0 bridgehead atoms. The van der Waals surface area contributed by atoms with E-state index >= 15 is 0 Å². The largest absolute Gasteiger partial charge is 0.354 e. The molecule has 1 aliphatic rings. The summed E-state index contributed by atoms with van der Waals surface area (Å²) in [6, 6.07) is 5.97. The maximum atomic E-state index is 8.88. The minimum atomic E-state index is 0.668. The van der Waals surface area contributed by atoms with Crippen molar-refractivity contribution in [3.63, 3.8) is 0 Å². The third-order valence-corrected chi connectivity index (χ3v) is 3.34. The van der Waals surface area contributed by atoms with Gasteiger partial charge in [-0.15, -0.1) is 0 Å². The van der Waals surface area contributed by atoms with Gasteiger partial charge in [-0.1, -0.05) is 6.92 Å². The third kappa shape index (κ3) is 2.56. The Morgan fingerprint density at radius 2 is 2.00 bits per heavy atom. The topological polar surface area (TPSA) is 43.2 Å². The summed E-state index contributed by atoms with van der Waals surface area (Å²) < 4.78 is 0. The van der Waals surface area contributed by atoms with Crippen molar-refractivity contribution >= 4 is 5.82 Å². The van der Waals surface area contributed by atoms with Crippen molar-refractivity contribution in [2.75, 3.05) is 37.6 Å². The molecule has 4 nitrogen and oxygen atoms in total. The van der Waals surface area contributed by atoms with E-state index in [4.69, 9.17) is 5.26 Å². The Kier molecular flexibility index (Phi) is 3.60. The third-order valence-electron chi connectivity index (χ3n) is 3.34. The van der Waals surface area contributed by atoms with E-state index in [1.807, 2.05) is 19.1 Å². The average molecular weight is 230 g/mol. The predicted octanol–water partition coefficient (Wildman–Crippen LogP) is 1.40. The fourth-order valence-electron chi connectivity index (χ4n) is 2.14. The number of hydrogen-bond acceptors (Lipinski definition) is 4. The molecule has 1 aromatic rings. The molecule has 1 saturated heterocycles. The number of nitrogens with zero attached hydrogens (tertiary/aromatic N) is 4. The summed E-state index contributed by atoms with van der Waals surface area (Å²) in [5.74, 6) is 0.997. The number of aryl methyl sites for hydroxylation is 1. The SMILES string of the molecule is CCN1CCN(c2ccc(C#N)c(C)n2)CC1. The minimum absolute atomic E-state index is 0.668. The van der Waals surface area contributed by atoms with Gasteiger partial charge in [-0.25, -0.2) is 4.98 Å². The van der Waals surface area contributed by atoms with Crippen LogP contribution >= 0.6 is 0 Å². The fraction of sp³-hybridized carbons (Fsp3) is 0.538. The second-order valence-electron chi connectivity index (χ2n) is 4.34. The van der Waals surface area contributed by atoms with Crippen LogP contribution in [0.25, 0.3) is 0 Å². The van der Waals surface area contributed by atoms with Crippen LogP contribution in [-0.2, 0) is 0 Å². The molecule has 4 heteroatoms. The van der Waals surface area contributed by atoms with E-state index in [2.05, 4.69) is 27.8 Å². The van der Waals surface area contributed by atoms with Crippen molar-refractivity contribution in [1.29, 1.82) is 5.26 Å². The molecule has 0 unspecified atom stereocenters. The van der Waals surface area contributed by atoms with Crippen LogP contribution in [0, 0.1) is 18.3 Å². The lowest BCUT2D eigenvalue weighted by atomic mass is 10.2. The number of hydrogen-bond donors (Lipinski definition) is 0.